The number of amides is 2. The Labute approximate surface area is 162 Å². The van der Waals surface area contributed by atoms with E-state index in [2.05, 4.69) is 10.6 Å². The number of rotatable bonds is 5. The third kappa shape index (κ3) is 5.21. The average Bonchev–Trinajstić information content (AvgIpc) is 3.14. The van der Waals surface area contributed by atoms with Crippen molar-refractivity contribution in [1.29, 1.82) is 0 Å². The lowest BCUT2D eigenvalue weighted by atomic mass is 9.94. The summed E-state index contributed by atoms with van der Waals surface area (Å²) in [6.07, 6.45) is 8.41. The van der Waals surface area contributed by atoms with Gasteiger partial charge in [0, 0.05) is 25.6 Å². The normalized spacial score (nSPS) is 20.3. The summed E-state index contributed by atoms with van der Waals surface area (Å²) in [6, 6.07) is 7.92. The number of benzene rings is 1. The van der Waals surface area contributed by atoms with Crippen LogP contribution in [0.25, 0.3) is 0 Å². The second-order valence-corrected chi connectivity index (χ2v) is 7.30. The Bertz CT molecular complexity index is 611. The minimum absolute atomic E-state index is 0. The summed E-state index contributed by atoms with van der Waals surface area (Å²) in [6.45, 7) is 0.985. The number of carbonyl (C=O) groups is 2. The van der Waals surface area contributed by atoms with E-state index < -0.39 is 0 Å². The number of anilines is 1. The SMILES string of the molecule is CN(C(=O)c1ccccc1NC(=O)CC1CCCN1)C1CCCCC1.Cl. The van der Waals surface area contributed by atoms with Crippen molar-refractivity contribution in [3.63, 3.8) is 0 Å². The highest BCUT2D eigenvalue weighted by Gasteiger charge is 2.25. The third-order valence-corrected chi connectivity index (χ3v) is 5.47. The van der Waals surface area contributed by atoms with Crippen molar-refractivity contribution in [3.05, 3.63) is 29.8 Å². The van der Waals surface area contributed by atoms with Crippen molar-refractivity contribution >= 4 is 29.9 Å². The Morgan fingerprint density at radius 1 is 1.12 bits per heavy atom. The predicted octanol–water partition coefficient (Wildman–Crippen LogP) is 3.59. The molecule has 1 aliphatic heterocycles. The highest BCUT2D eigenvalue weighted by molar-refractivity contribution is 6.03. The van der Waals surface area contributed by atoms with Crippen molar-refractivity contribution in [3.8, 4) is 0 Å². The molecule has 1 aromatic rings. The van der Waals surface area contributed by atoms with Crippen LogP contribution < -0.4 is 10.6 Å². The summed E-state index contributed by atoms with van der Waals surface area (Å²) in [4.78, 5) is 27.2. The van der Waals surface area contributed by atoms with Gasteiger partial charge in [-0.15, -0.1) is 12.4 Å². The highest BCUT2D eigenvalue weighted by atomic mass is 35.5. The first-order chi connectivity index (χ1) is 12.1. The highest BCUT2D eigenvalue weighted by Crippen LogP contribution is 2.25. The first-order valence-corrected chi connectivity index (χ1v) is 9.54. The monoisotopic (exact) mass is 379 g/mol. The average molecular weight is 380 g/mol. The molecule has 2 amide bonds. The first-order valence-electron chi connectivity index (χ1n) is 9.54. The van der Waals surface area contributed by atoms with Crippen LogP contribution in [0.4, 0.5) is 5.69 Å². The van der Waals surface area contributed by atoms with Crippen molar-refractivity contribution in [2.24, 2.45) is 0 Å². The minimum Gasteiger partial charge on any atom is -0.339 e. The molecule has 1 saturated carbocycles. The summed E-state index contributed by atoms with van der Waals surface area (Å²) in [5.74, 6) is -0.0261. The van der Waals surface area contributed by atoms with Gasteiger partial charge >= 0.3 is 0 Å². The number of hydrogen-bond acceptors (Lipinski definition) is 3. The number of nitrogens with zero attached hydrogens (tertiary/aromatic N) is 1. The largest absolute Gasteiger partial charge is 0.339 e. The lowest BCUT2D eigenvalue weighted by molar-refractivity contribution is -0.116. The van der Waals surface area contributed by atoms with Gasteiger partial charge in [0.25, 0.3) is 5.91 Å². The van der Waals surface area contributed by atoms with E-state index in [0.717, 1.165) is 32.2 Å². The molecule has 5 nitrogen and oxygen atoms in total. The molecule has 3 rings (SSSR count). The van der Waals surface area contributed by atoms with E-state index in [1.807, 2.05) is 36.2 Å². The molecular weight excluding hydrogens is 350 g/mol. The van der Waals surface area contributed by atoms with Crippen LogP contribution in [-0.2, 0) is 4.79 Å². The Balaban J connectivity index is 0.00000243. The number of nitrogens with one attached hydrogen (secondary N) is 2. The number of carbonyl (C=O) groups excluding carboxylic acids is 2. The van der Waals surface area contributed by atoms with Crippen LogP contribution in [0, 0.1) is 0 Å². The molecule has 0 spiro atoms. The van der Waals surface area contributed by atoms with Crippen LogP contribution in [-0.4, -0.2) is 42.4 Å². The van der Waals surface area contributed by atoms with Gasteiger partial charge in [-0.1, -0.05) is 31.4 Å². The Morgan fingerprint density at radius 3 is 2.54 bits per heavy atom. The number of para-hydroxylation sites is 1. The molecule has 2 fully saturated rings. The molecule has 6 heteroatoms. The zero-order valence-corrected chi connectivity index (χ0v) is 16.3. The van der Waals surface area contributed by atoms with Crippen molar-refractivity contribution in [1.82, 2.24) is 10.2 Å². The van der Waals surface area contributed by atoms with Crippen LogP contribution in [0.3, 0.4) is 0 Å². The molecule has 1 unspecified atom stereocenters. The van der Waals surface area contributed by atoms with Crippen LogP contribution in [0.1, 0.15) is 61.7 Å². The molecule has 0 aromatic heterocycles. The van der Waals surface area contributed by atoms with E-state index in [1.165, 1.54) is 19.3 Å². The van der Waals surface area contributed by atoms with Gasteiger partial charge in [0.05, 0.1) is 11.3 Å². The van der Waals surface area contributed by atoms with Gasteiger partial charge in [-0.05, 0) is 44.4 Å². The molecule has 1 atom stereocenters. The van der Waals surface area contributed by atoms with Gasteiger partial charge < -0.3 is 15.5 Å². The molecule has 0 bridgehead atoms. The fourth-order valence-electron chi connectivity index (χ4n) is 3.96. The van der Waals surface area contributed by atoms with Gasteiger partial charge in [-0.25, -0.2) is 0 Å². The predicted molar refractivity (Wildman–Crippen MR) is 107 cm³/mol. The van der Waals surface area contributed by atoms with Crippen LogP contribution in [0.5, 0.6) is 0 Å². The maximum Gasteiger partial charge on any atom is 0.255 e. The molecule has 2 N–H and O–H groups in total. The molecule has 144 valence electrons. The lowest BCUT2D eigenvalue weighted by Gasteiger charge is -2.31. The van der Waals surface area contributed by atoms with Crippen molar-refractivity contribution < 1.29 is 9.59 Å². The Kier molecular flexibility index (Phi) is 7.91. The Hall–Kier alpha value is -1.59. The second-order valence-electron chi connectivity index (χ2n) is 7.30. The zero-order chi connectivity index (χ0) is 17.6. The van der Waals surface area contributed by atoms with Crippen LogP contribution in [0.15, 0.2) is 24.3 Å². The molecule has 26 heavy (non-hydrogen) atoms. The third-order valence-electron chi connectivity index (χ3n) is 5.47. The quantitative estimate of drug-likeness (QED) is 0.821. The number of halogens is 1. The molecule has 2 aliphatic rings. The second kappa shape index (κ2) is 9.93. The van der Waals surface area contributed by atoms with Gasteiger partial charge in [-0.2, -0.15) is 0 Å². The van der Waals surface area contributed by atoms with E-state index >= 15 is 0 Å². The summed E-state index contributed by atoms with van der Waals surface area (Å²) >= 11 is 0. The summed E-state index contributed by atoms with van der Waals surface area (Å²) in [5.41, 5.74) is 1.21. The van der Waals surface area contributed by atoms with E-state index in [9.17, 15) is 9.59 Å². The van der Waals surface area contributed by atoms with E-state index in [4.69, 9.17) is 0 Å². The van der Waals surface area contributed by atoms with E-state index in [-0.39, 0.29) is 30.3 Å². The topological polar surface area (TPSA) is 61.4 Å². The summed E-state index contributed by atoms with van der Waals surface area (Å²) in [5, 5.41) is 6.29. The summed E-state index contributed by atoms with van der Waals surface area (Å²) in [7, 11) is 1.89. The number of hydrogen-bond donors (Lipinski definition) is 2. The van der Waals surface area contributed by atoms with Crippen LogP contribution in [0.2, 0.25) is 0 Å². The first kappa shape index (κ1) is 20.7. The Morgan fingerprint density at radius 2 is 1.85 bits per heavy atom. The van der Waals surface area contributed by atoms with Crippen LogP contribution >= 0.6 is 12.4 Å². The molecule has 1 aliphatic carbocycles. The molecule has 1 aromatic carbocycles. The molecule has 1 heterocycles. The molecule has 0 radical (unpaired) electrons. The van der Waals surface area contributed by atoms with Crippen molar-refractivity contribution in [2.75, 3.05) is 18.9 Å². The van der Waals surface area contributed by atoms with Gasteiger partial charge in [0.2, 0.25) is 5.91 Å². The van der Waals surface area contributed by atoms with Gasteiger partial charge in [0.15, 0.2) is 0 Å². The maximum atomic E-state index is 13.0. The van der Waals surface area contributed by atoms with E-state index in [1.54, 1.807) is 0 Å². The zero-order valence-electron chi connectivity index (χ0n) is 15.5. The van der Waals surface area contributed by atoms with Gasteiger partial charge in [-0.3, -0.25) is 9.59 Å². The smallest absolute Gasteiger partial charge is 0.255 e. The molecule has 1 saturated heterocycles. The van der Waals surface area contributed by atoms with E-state index in [0.29, 0.717) is 23.7 Å². The maximum absolute atomic E-state index is 13.0. The standard InChI is InChI=1S/C20H29N3O2.ClH/c1-23(16-9-3-2-4-10-16)20(25)17-11-5-6-12-18(17)22-19(24)14-15-8-7-13-21-15;/h5-6,11-12,15-16,21H,2-4,7-10,13-14H2,1H3,(H,22,24);1H. The van der Waals surface area contributed by atoms with Crippen molar-refractivity contribution in [2.45, 2.75) is 63.5 Å². The lowest BCUT2D eigenvalue weighted by Crippen LogP contribution is -2.38. The summed E-state index contributed by atoms with van der Waals surface area (Å²) < 4.78 is 0. The fraction of sp³-hybridized carbons (Fsp3) is 0.600. The van der Waals surface area contributed by atoms with Gasteiger partial charge in [0.1, 0.15) is 0 Å². The fourth-order valence-corrected chi connectivity index (χ4v) is 3.96. The minimum atomic E-state index is -0.0278. The molecular formula is C20H30ClN3O2.